The highest BCUT2D eigenvalue weighted by atomic mass is 32.1. The highest BCUT2D eigenvalue weighted by Crippen LogP contribution is 2.31. The van der Waals surface area contributed by atoms with Crippen molar-refractivity contribution in [3.63, 3.8) is 0 Å². The van der Waals surface area contributed by atoms with E-state index in [-0.39, 0.29) is 6.54 Å². The Morgan fingerprint density at radius 3 is 2.48 bits per heavy atom. The molecule has 29 heavy (non-hydrogen) atoms. The molecule has 0 aliphatic heterocycles. The smallest absolute Gasteiger partial charge is 0.313 e. The lowest BCUT2D eigenvalue weighted by Crippen LogP contribution is -2.34. The molecule has 0 saturated carbocycles. The molecule has 2 aromatic heterocycles. The zero-order chi connectivity index (χ0) is 20.2. The summed E-state index contributed by atoms with van der Waals surface area (Å²) >= 11 is 1.63. The van der Waals surface area contributed by atoms with Gasteiger partial charge < -0.3 is 10.6 Å². The van der Waals surface area contributed by atoms with Crippen molar-refractivity contribution < 1.29 is 9.59 Å². The third kappa shape index (κ3) is 4.47. The first-order valence-corrected chi connectivity index (χ1v) is 9.86. The van der Waals surface area contributed by atoms with E-state index >= 15 is 0 Å². The van der Waals surface area contributed by atoms with E-state index in [2.05, 4.69) is 33.6 Å². The van der Waals surface area contributed by atoms with Crippen LogP contribution < -0.4 is 10.6 Å². The lowest BCUT2D eigenvalue weighted by Gasteiger charge is -2.07. The number of thiazole rings is 1. The maximum absolute atomic E-state index is 12.1. The number of aryl methyl sites for hydroxylation is 1. The van der Waals surface area contributed by atoms with Crippen LogP contribution in [0.25, 0.3) is 20.8 Å². The molecule has 6 nitrogen and oxygen atoms in total. The Labute approximate surface area is 171 Å². The van der Waals surface area contributed by atoms with Crippen molar-refractivity contribution in [1.29, 1.82) is 0 Å². The molecule has 2 N–H and O–H groups in total. The lowest BCUT2D eigenvalue weighted by atomic mass is 10.2. The maximum Gasteiger partial charge on any atom is 0.313 e. The van der Waals surface area contributed by atoms with Crippen LogP contribution in [0.1, 0.15) is 11.1 Å². The van der Waals surface area contributed by atoms with E-state index in [4.69, 9.17) is 0 Å². The number of hydrogen-bond donors (Lipinski definition) is 2. The number of carbonyl (C=O) groups is 2. The topological polar surface area (TPSA) is 84.0 Å². The van der Waals surface area contributed by atoms with Crippen molar-refractivity contribution in [3.05, 3.63) is 78.1 Å². The van der Waals surface area contributed by atoms with Gasteiger partial charge in [-0.05, 0) is 66.6 Å². The van der Waals surface area contributed by atoms with Gasteiger partial charge in [0.2, 0.25) is 0 Å². The lowest BCUT2D eigenvalue weighted by molar-refractivity contribution is -0.136. The van der Waals surface area contributed by atoms with Gasteiger partial charge in [0.1, 0.15) is 5.01 Å². The standard InChI is InChI=1S/C22H18N4O2S/c1-14-2-7-18-19(12-14)29-22(26-18)16-3-5-17(6-4-16)25-21(28)20(27)24-13-15-8-10-23-11-9-15/h2-12H,13H2,1H3,(H,24,27)(H,25,28). The number of aromatic nitrogens is 2. The van der Waals surface area contributed by atoms with Crippen LogP contribution in [0.4, 0.5) is 5.69 Å². The Morgan fingerprint density at radius 2 is 1.72 bits per heavy atom. The van der Waals surface area contributed by atoms with Crippen LogP contribution in [-0.2, 0) is 16.1 Å². The van der Waals surface area contributed by atoms with Gasteiger partial charge in [-0.3, -0.25) is 14.6 Å². The Balaban J connectivity index is 1.39. The highest BCUT2D eigenvalue weighted by molar-refractivity contribution is 7.21. The van der Waals surface area contributed by atoms with Crippen LogP contribution in [0.3, 0.4) is 0 Å². The number of carbonyl (C=O) groups excluding carboxylic acids is 2. The number of hydrogen-bond acceptors (Lipinski definition) is 5. The third-order valence-corrected chi connectivity index (χ3v) is 5.41. The van der Waals surface area contributed by atoms with Crippen LogP contribution in [0.15, 0.2) is 67.0 Å². The molecule has 0 aliphatic rings. The predicted molar refractivity (Wildman–Crippen MR) is 115 cm³/mol. The first kappa shape index (κ1) is 18.8. The molecule has 2 aromatic carbocycles. The van der Waals surface area contributed by atoms with Crippen LogP contribution >= 0.6 is 11.3 Å². The predicted octanol–water partition coefficient (Wildman–Crippen LogP) is 3.92. The Hall–Kier alpha value is -3.58. The number of rotatable bonds is 4. The average molecular weight is 402 g/mol. The fourth-order valence-corrected chi connectivity index (χ4v) is 3.87. The Morgan fingerprint density at radius 1 is 0.966 bits per heavy atom. The second-order valence-electron chi connectivity index (χ2n) is 6.56. The van der Waals surface area contributed by atoms with Gasteiger partial charge in [-0.15, -0.1) is 11.3 Å². The number of benzene rings is 2. The molecule has 0 aliphatic carbocycles. The average Bonchev–Trinajstić information content (AvgIpc) is 3.16. The van der Waals surface area contributed by atoms with Crippen molar-refractivity contribution in [2.24, 2.45) is 0 Å². The van der Waals surface area contributed by atoms with E-state index < -0.39 is 11.8 Å². The van der Waals surface area contributed by atoms with E-state index in [1.807, 2.05) is 24.3 Å². The summed E-state index contributed by atoms with van der Waals surface area (Å²) in [6, 6.07) is 17.0. The summed E-state index contributed by atoms with van der Waals surface area (Å²) in [5.74, 6) is -1.39. The van der Waals surface area contributed by atoms with E-state index in [0.717, 1.165) is 26.4 Å². The molecule has 0 bridgehead atoms. The zero-order valence-electron chi connectivity index (χ0n) is 15.7. The van der Waals surface area contributed by atoms with E-state index in [1.165, 1.54) is 5.56 Å². The highest BCUT2D eigenvalue weighted by Gasteiger charge is 2.14. The number of nitrogens with one attached hydrogen (secondary N) is 2. The zero-order valence-corrected chi connectivity index (χ0v) is 16.5. The van der Waals surface area contributed by atoms with Gasteiger partial charge in [0.15, 0.2) is 0 Å². The molecule has 0 atom stereocenters. The number of pyridine rings is 1. The van der Waals surface area contributed by atoms with Crippen molar-refractivity contribution >= 4 is 39.1 Å². The van der Waals surface area contributed by atoms with Crippen molar-refractivity contribution in [2.75, 3.05) is 5.32 Å². The molecular weight excluding hydrogens is 384 g/mol. The molecule has 0 unspecified atom stereocenters. The molecule has 2 heterocycles. The molecule has 7 heteroatoms. The fraction of sp³-hybridized carbons (Fsp3) is 0.0909. The van der Waals surface area contributed by atoms with Crippen molar-refractivity contribution in [2.45, 2.75) is 13.5 Å². The van der Waals surface area contributed by atoms with Gasteiger partial charge in [0.25, 0.3) is 0 Å². The normalized spacial score (nSPS) is 10.7. The van der Waals surface area contributed by atoms with Gasteiger partial charge in [-0.1, -0.05) is 6.07 Å². The van der Waals surface area contributed by atoms with Crippen molar-refractivity contribution in [3.8, 4) is 10.6 Å². The summed E-state index contributed by atoms with van der Waals surface area (Å²) in [6.45, 7) is 2.33. The molecule has 144 valence electrons. The SMILES string of the molecule is Cc1ccc2nc(-c3ccc(NC(=O)C(=O)NCc4ccncc4)cc3)sc2c1. The minimum atomic E-state index is -0.706. The van der Waals surface area contributed by atoms with Crippen LogP contribution in [0.2, 0.25) is 0 Å². The molecule has 0 radical (unpaired) electrons. The summed E-state index contributed by atoms with van der Waals surface area (Å²) in [4.78, 5) is 32.7. The number of nitrogens with zero attached hydrogens (tertiary/aromatic N) is 2. The van der Waals surface area contributed by atoms with Gasteiger partial charge in [-0.25, -0.2) is 4.98 Å². The number of amides is 2. The molecule has 2 amide bonds. The monoisotopic (exact) mass is 402 g/mol. The van der Waals surface area contributed by atoms with Crippen LogP contribution in [-0.4, -0.2) is 21.8 Å². The Kier molecular flexibility index (Phi) is 5.31. The summed E-state index contributed by atoms with van der Waals surface area (Å²) in [7, 11) is 0. The Bertz CT molecular complexity index is 1170. The van der Waals surface area contributed by atoms with Crippen molar-refractivity contribution in [1.82, 2.24) is 15.3 Å². The third-order valence-electron chi connectivity index (χ3n) is 4.34. The van der Waals surface area contributed by atoms with E-state index in [0.29, 0.717) is 5.69 Å². The van der Waals surface area contributed by atoms with Gasteiger partial charge >= 0.3 is 11.8 Å². The molecule has 0 saturated heterocycles. The summed E-state index contributed by atoms with van der Waals surface area (Å²) in [6.07, 6.45) is 3.27. The summed E-state index contributed by atoms with van der Waals surface area (Å²) in [5.41, 5.74) is 4.56. The van der Waals surface area contributed by atoms with E-state index in [9.17, 15) is 9.59 Å². The minimum Gasteiger partial charge on any atom is -0.344 e. The quantitative estimate of drug-likeness (QED) is 0.507. The maximum atomic E-state index is 12.1. The molecule has 4 rings (SSSR count). The van der Waals surface area contributed by atoms with Crippen LogP contribution in [0.5, 0.6) is 0 Å². The fourth-order valence-electron chi connectivity index (χ4n) is 2.80. The number of anilines is 1. The van der Waals surface area contributed by atoms with E-state index in [1.54, 1.807) is 48.0 Å². The first-order chi connectivity index (χ1) is 14.1. The largest absolute Gasteiger partial charge is 0.344 e. The summed E-state index contributed by atoms with van der Waals surface area (Å²) in [5, 5.41) is 6.11. The number of fused-ring (bicyclic) bond motifs is 1. The van der Waals surface area contributed by atoms with Crippen LogP contribution in [0, 0.1) is 6.92 Å². The molecule has 4 aromatic rings. The first-order valence-electron chi connectivity index (χ1n) is 9.04. The summed E-state index contributed by atoms with van der Waals surface area (Å²) < 4.78 is 1.14. The molecular formula is C22H18N4O2S. The molecule has 0 spiro atoms. The van der Waals surface area contributed by atoms with Gasteiger partial charge in [0.05, 0.1) is 10.2 Å². The minimum absolute atomic E-state index is 0.269. The molecule has 0 fully saturated rings. The second kappa shape index (κ2) is 8.20. The second-order valence-corrected chi connectivity index (χ2v) is 7.59. The van der Waals surface area contributed by atoms with Gasteiger partial charge in [-0.2, -0.15) is 0 Å². The van der Waals surface area contributed by atoms with Gasteiger partial charge in [0, 0.05) is 30.2 Å².